The summed E-state index contributed by atoms with van der Waals surface area (Å²) in [5.74, 6) is 1.53. The van der Waals surface area contributed by atoms with Gasteiger partial charge in [0.1, 0.15) is 12.4 Å². The van der Waals surface area contributed by atoms with Crippen LogP contribution in [0, 0.1) is 11.8 Å². The number of esters is 1. The molecule has 1 aromatic rings. The number of nitrogens with one attached hydrogen (secondary N) is 1. The van der Waals surface area contributed by atoms with Gasteiger partial charge in [0.25, 0.3) is 0 Å². The topological polar surface area (TPSA) is 76.1 Å². The first-order chi connectivity index (χ1) is 11.7. The monoisotopic (exact) mass is 334 g/mol. The van der Waals surface area contributed by atoms with Gasteiger partial charge in [0.05, 0.1) is 25.8 Å². The molecule has 1 saturated heterocycles. The van der Waals surface area contributed by atoms with E-state index in [0.29, 0.717) is 19.7 Å². The molecular formula is C17H26N4O3. The standard InChI is InChI=1S/C17H26N4O3/c1-4-19-17(20-8-9-24-14-6-5-7-18-10-14)21-11-13(2)15(12-21)16(22)23-3/h5-7,10,13,15H,4,8-9,11-12H2,1-3H3,(H,19,20). The summed E-state index contributed by atoms with van der Waals surface area (Å²) in [6, 6.07) is 3.70. The molecule has 2 rings (SSSR count). The Kier molecular flexibility index (Phi) is 6.84. The smallest absolute Gasteiger partial charge is 0.310 e. The lowest BCUT2D eigenvalue weighted by atomic mass is 9.99. The molecule has 1 N–H and O–H groups in total. The number of rotatable bonds is 6. The minimum atomic E-state index is -0.152. The average Bonchev–Trinajstić information content (AvgIpc) is 2.99. The zero-order valence-electron chi connectivity index (χ0n) is 14.6. The number of likely N-dealkylation sites (tertiary alicyclic amines) is 1. The van der Waals surface area contributed by atoms with Gasteiger partial charge in [-0.05, 0) is 25.0 Å². The summed E-state index contributed by atoms with van der Waals surface area (Å²) in [5.41, 5.74) is 0. The Labute approximate surface area is 143 Å². The van der Waals surface area contributed by atoms with E-state index >= 15 is 0 Å². The van der Waals surface area contributed by atoms with Crippen molar-refractivity contribution < 1.29 is 14.3 Å². The summed E-state index contributed by atoms with van der Waals surface area (Å²) < 4.78 is 10.5. The van der Waals surface area contributed by atoms with Crippen LogP contribution in [-0.4, -0.2) is 61.7 Å². The van der Waals surface area contributed by atoms with Crippen LogP contribution in [0.2, 0.25) is 0 Å². The fourth-order valence-electron chi connectivity index (χ4n) is 2.77. The highest BCUT2D eigenvalue weighted by atomic mass is 16.5. The number of aliphatic imine (C=N–C) groups is 1. The van der Waals surface area contributed by atoms with Crippen LogP contribution in [-0.2, 0) is 9.53 Å². The van der Waals surface area contributed by atoms with Gasteiger partial charge in [0, 0.05) is 25.8 Å². The first-order valence-electron chi connectivity index (χ1n) is 8.29. The lowest BCUT2D eigenvalue weighted by Crippen LogP contribution is -2.41. The van der Waals surface area contributed by atoms with Gasteiger partial charge in [-0.1, -0.05) is 6.92 Å². The Bertz CT molecular complexity index is 550. The third kappa shape index (κ3) is 4.84. The summed E-state index contributed by atoms with van der Waals surface area (Å²) in [6.45, 7) is 7.29. The van der Waals surface area contributed by atoms with Gasteiger partial charge < -0.3 is 19.7 Å². The summed E-state index contributed by atoms with van der Waals surface area (Å²) in [4.78, 5) is 22.5. The number of hydrogen-bond acceptors (Lipinski definition) is 5. The van der Waals surface area contributed by atoms with Crippen molar-refractivity contribution in [1.29, 1.82) is 0 Å². The molecular weight excluding hydrogens is 308 g/mol. The van der Waals surface area contributed by atoms with E-state index in [0.717, 1.165) is 24.8 Å². The summed E-state index contributed by atoms with van der Waals surface area (Å²) in [5, 5.41) is 3.28. The number of ether oxygens (including phenoxy) is 2. The zero-order chi connectivity index (χ0) is 17.4. The van der Waals surface area contributed by atoms with Crippen molar-refractivity contribution >= 4 is 11.9 Å². The molecule has 1 fully saturated rings. The fourth-order valence-corrected chi connectivity index (χ4v) is 2.77. The van der Waals surface area contributed by atoms with Crippen molar-refractivity contribution in [1.82, 2.24) is 15.2 Å². The molecule has 0 amide bonds. The fraction of sp³-hybridized carbons (Fsp3) is 0.588. The van der Waals surface area contributed by atoms with E-state index < -0.39 is 0 Å². The summed E-state index contributed by atoms with van der Waals surface area (Å²) in [6.07, 6.45) is 3.39. The van der Waals surface area contributed by atoms with Crippen LogP contribution < -0.4 is 10.1 Å². The summed E-state index contributed by atoms with van der Waals surface area (Å²) in [7, 11) is 1.44. The van der Waals surface area contributed by atoms with Crippen molar-refractivity contribution in [3.8, 4) is 5.75 Å². The molecule has 1 aliphatic heterocycles. The van der Waals surface area contributed by atoms with Gasteiger partial charge in [-0.2, -0.15) is 0 Å². The Morgan fingerprint density at radius 3 is 3.00 bits per heavy atom. The highest BCUT2D eigenvalue weighted by Gasteiger charge is 2.36. The van der Waals surface area contributed by atoms with Crippen LogP contribution in [0.15, 0.2) is 29.5 Å². The Balaban J connectivity index is 1.90. The highest BCUT2D eigenvalue weighted by molar-refractivity contribution is 5.82. The molecule has 1 aromatic heterocycles. The summed E-state index contributed by atoms with van der Waals surface area (Å²) >= 11 is 0. The Hall–Kier alpha value is -2.31. The molecule has 0 radical (unpaired) electrons. The van der Waals surface area contributed by atoms with Gasteiger partial charge in [-0.25, -0.2) is 4.99 Å². The molecule has 0 saturated carbocycles. The van der Waals surface area contributed by atoms with Gasteiger partial charge >= 0.3 is 5.97 Å². The Morgan fingerprint density at radius 2 is 2.33 bits per heavy atom. The molecule has 7 heteroatoms. The number of pyridine rings is 1. The molecule has 1 aliphatic rings. The maximum Gasteiger partial charge on any atom is 0.310 e. The van der Waals surface area contributed by atoms with Crippen LogP contribution >= 0.6 is 0 Å². The van der Waals surface area contributed by atoms with E-state index in [4.69, 9.17) is 9.47 Å². The maximum absolute atomic E-state index is 11.8. The second-order valence-electron chi connectivity index (χ2n) is 5.78. The largest absolute Gasteiger partial charge is 0.490 e. The first kappa shape index (κ1) is 18.0. The molecule has 2 heterocycles. The molecule has 0 aliphatic carbocycles. The third-order valence-electron chi connectivity index (χ3n) is 4.01. The quantitative estimate of drug-likeness (QED) is 0.364. The predicted molar refractivity (Wildman–Crippen MR) is 92.0 cm³/mol. The van der Waals surface area contributed by atoms with Crippen molar-refractivity contribution in [3.63, 3.8) is 0 Å². The minimum absolute atomic E-state index is 0.106. The molecule has 0 bridgehead atoms. The lowest BCUT2D eigenvalue weighted by Gasteiger charge is -2.21. The molecule has 24 heavy (non-hydrogen) atoms. The van der Waals surface area contributed by atoms with Crippen LogP contribution in [0.5, 0.6) is 5.75 Å². The zero-order valence-corrected chi connectivity index (χ0v) is 14.6. The molecule has 2 atom stereocenters. The van der Waals surface area contributed by atoms with E-state index in [1.165, 1.54) is 7.11 Å². The molecule has 0 aromatic carbocycles. The van der Waals surface area contributed by atoms with Crippen LogP contribution in [0.4, 0.5) is 0 Å². The number of carbonyl (C=O) groups is 1. The second-order valence-corrected chi connectivity index (χ2v) is 5.78. The van der Waals surface area contributed by atoms with E-state index in [1.807, 2.05) is 19.1 Å². The van der Waals surface area contributed by atoms with Gasteiger partial charge in [-0.15, -0.1) is 0 Å². The van der Waals surface area contributed by atoms with Crippen molar-refractivity contribution in [2.45, 2.75) is 13.8 Å². The van der Waals surface area contributed by atoms with Gasteiger partial charge in [-0.3, -0.25) is 9.78 Å². The number of guanidine groups is 1. The molecule has 7 nitrogen and oxygen atoms in total. The predicted octanol–water partition coefficient (Wildman–Crippen LogP) is 1.17. The second kappa shape index (κ2) is 9.10. The van der Waals surface area contributed by atoms with Gasteiger partial charge in [0.2, 0.25) is 0 Å². The highest BCUT2D eigenvalue weighted by Crippen LogP contribution is 2.24. The van der Waals surface area contributed by atoms with Crippen LogP contribution in [0.3, 0.4) is 0 Å². The average molecular weight is 334 g/mol. The van der Waals surface area contributed by atoms with Crippen molar-refractivity contribution in [2.24, 2.45) is 16.8 Å². The van der Waals surface area contributed by atoms with E-state index in [-0.39, 0.29) is 17.8 Å². The van der Waals surface area contributed by atoms with E-state index in [2.05, 4.69) is 27.1 Å². The van der Waals surface area contributed by atoms with Crippen molar-refractivity contribution in [2.75, 3.05) is 39.9 Å². The number of carbonyl (C=O) groups excluding carboxylic acids is 1. The van der Waals surface area contributed by atoms with E-state index in [9.17, 15) is 4.79 Å². The minimum Gasteiger partial charge on any atom is -0.490 e. The van der Waals surface area contributed by atoms with Gasteiger partial charge in [0.15, 0.2) is 5.96 Å². The number of aromatic nitrogens is 1. The molecule has 2 unspecified atom stereocenters. The SMILES string of the molecule is CCNC(=NCCOc1cccnc1)N1CC(C)C(C(=O)OC)C1. The lowest BCUT2D eigenvalue weighted by molar-refractivity contribution is -0.145. The first-order valence-corrected chi connectivity index (χ1v) is 8.29. The maximum atomic E-state index is 11.8. The van der Waals surface area contributed by atoms with Crippen LogP contribution in [0.25, 0.3) is 0 Å². The van der Waals surface area contributed by atoms with Crippen LogP contribution in [0.1, 0.15) is 13.8 Å². The normalized spacial score (nSPS) is 20.8. The van der Waals surface area contributed by atoms with Crippen molar-refractivity contribution in [3.05, 3.63) is 24.5 Å². The Morgan fingerprint density at radius 1 is 1.50 bits per heavy atom. The van der Waals surface area contributed by atoms with E-state index in [1.54, 1.807) is 12.4 Å². The molecule has 0 spiro atoms. The number of methoxy groups -OCH3 is 1. The third-order valence-corrected chi connectivity index (χ3v) is 4.01. The number of hydrogen-bond donors (Lipinski definition) is 1. The molecule has 132 valence electrons. The number of nitrogens with zero attached hydrogens (tertiary/aromatic N) is 3.